The van der Waals surface area contributed by atoms with Crippen molar-refractivity contribution in [1.29, 1.82) is 0 Å². The minimum Gasteiger partial charge on any atom is -0.497 e. The number of ether oxygens (including phenoxy) is 1. The first-order valence-electron chi connectivity index (χ1n) is 6.56. The summed E-state index contributed by atoms with van der Waals surface area (Å²) < 4.78 is 5.03. The van der Waals surface area contributed by atoms with E-state index in [4.69, 9.17) is 16.3 Å². The van der Waals surface area contributed by atoms with Crippen LogP contribution in [0.1, 0.15) is 10.4 Å². The van der Waals surface area contributed by atoms with Gasteiger partial charge in [0.15, 0.2) is 0 Å². The quantitative estimate of drug-likeness (QED) is 0.890. The van der Waals surface area contributed by atoms with Gasteiger partial charge in [0.25, 0.3) is 5.91 Å². The SMILES string of the molecule is COc1ccc(NC(=O)CNC(=O)c2cccc(Cl)c2)cc1. The minimum atomic E-state index is -0.354. The second-order valence-electron chi connectivity index (χ2n) is 4.47. The van der Waals surface area contributed by atoms with Crippen molar-refractivity contribution in [2.75, 3.05) is 19.0 Å². The zero-order valence-corrected chi connectivity index (χ0v) is 12.7. The predicted molar refractivity (Wildman–Crippen MR) is 85.4 cm³/mol. The molecule has 0 saturated carbocycles. The Morgan fingerprint density at radius 3 is 2.50 bits per heavy atom. The maximum atomic E-state index is 11.9. The normalized spacial score (nSPS) is 9.91. The molecule has 2 rings (SSSR count). The van der Waals surface area contributed by atoms with E-state index in [-0.39, 0.29) is 18.4 Å². The highest BCUT2D eigenvalue weighted by Gasteiger charge is 2.08. The summed E-state index contributed by atoms with van der Waals surface area (Å²) >= 11 is 5.81. The lowest BCUT2D eigenvalue weighted by atomic mass is 10.2. The van der Waals surface area contributed by atoms with Crippen molar-refractivity contribution in [3.05, 3.63) is 59.1 Å². The summed E-state index contributed by atoms with van der Waals surface area (Å²) in [6.45, 7) is -0.128. The maximum Gasteiger partial charge on any atom is 0.251 e. The molecule has 22 heavy (non-hydrogen) atoms. The van der Waals surface area contributed by atoms with Crippen molar-refractivity contribution in [3.8, 4) is 5.75 Å². The Bertz CT molecular complexity index is 671. The highest BCUT2D eigenvalue weighted by molar-refractivity contribution is 6.31. The van der Waals surface area contributed by atoms with Gasteiger partial charge in [-0.25, -0.2) is 0 Å². The molecule has 0 atom stereocenters. The van der Waals surface area contributed by atoms with Crippen LogP contribution in [-0.4, -0.2) is 25.5 Å². The smallest absolute Gasteiger partial charge is 0.251 e. The number of halogens is 1. The third-order valence-corrected chi connectivity index (χ3v) is 3.11. The van der Waals surface area contributed by atoms with Crippen molar-refractivity contribution in [2.45, 2.75) is 0 Å². The maximum absolute atomic E-state index is 11.9. The fourth-order valence-corrected chi connectivity index (χ4v) is 1.96. The van der Waals surface area contributed by atoms with E-state index in [1.54, 1.807) is 49.6 Å². The Hall–Kier alpha value is -2.53. The van der Waals surface area contributed by atoms with Gasteiger partial charge in [-0.2, -0.15) is 0 Å². The molecular weight excluding hydrogens is 304 g/mol. The van der Waals surface area contributed by atoms with Gasteiger partial charge in [-0.05, 0) is 42.5 Å². The van der Waals surface area contributed by atoms with E-state index in [2.05, 4.69) is 10.6 Å². The third kappa shape index (κ3) is 4.49. The second-order valence-corrected chi connectivity index (χ2v) is 4.91. The molecular formula is C16H15ClN2O3. The van der Waals surface area contributed by atoms with Crippen LogP contribution in [0, 0.1) is 0 Å². The largest absolute Gasteiger partial charge is 0.497 e. The molecule has 5 nitrogen and oxygen atoms in total. The van der Waals surface area contributed by atoms with Crippen LogP contribution in [0.4, 0.5) is 5.69 Å². The summed E-state index contributed by atoms with van der Waals surface area (Å²) in [5, 5.41) is 5.68. The van der Waals surface area contributed by atoms with E-state index >= 15 is 0 Å². The summed E-state index contributed by atoms with van der Waals surface area (Å²) in [7, 11) is 1.57. The third-order valence-electron chi connectivity index (χ3n) is 2.87. The molecule has 0 bridgehead atoms. The first-order chi connectivity index (χ1) is 10.6. The van der Waals surface area contributed by atoms with Gasteiger partial charge in [0.1, 0.15) is 5.75 Å². The molecule has 2 aromatic carbocycles. The van der Waals surface area contributed by atoms with Crippen LogP contribution < -0.4 is 15.4 Å². The van der Waals surface area contributed by atoms with Crippen LogP contribution in [0.5, 0.6) is 5.75 Å². The highest BCUT2D eigenvalue weighted by atomic mass is 35.5. The molecule has 0 aromatic heterocycles. The Morgan fingerprint density at radius 2 is 1.86 bits per heavy atom. The average Bonchev–Trinajstić information content (AvgIpc) is 2.53. The second kappa shape index (κ2) is 7.47. The van der Waals surface area contributed by atoms with E-state index in [9.17, 15) is 9.59 Å². The van der Waals surface area contributed by atoms with Gasteiger partial charge in [-0.3, -0.25) is 9.59 Å². The van der Waals surface area contributed by atoms with Gasteiger partial charge in [-0.1, -0.05) is 17.7 Å². The lowest BCUT2D eigenvalue weighted by Crippen LogP contribution is -2.32. The summed E-state index contributed by atoms with van der Waals surface area (Å²) in [6.07, 6.45) is 0. The Labute approximate surface area is 133 Å². The number of carbonyl (C=O) groups is 2. The number of anilines is 1. The van der Waals surface area contributed by atoms with E-state index in [0.29, 0.717) is 22.0 Å². The standard InChI is InChI=1S/C16H15ClN2O3/c1-22-14-7-5-13(6-8-14)19-15(20)10-18-16(21)11-3-2-4-12(17)9-11/h2-9H,10H2,1H3,(H,18,21)(H,19,20). The molecule has 0 fully saturated rings. The molecule has 114 valence electrons. The summed E-state index contributed by atoms with van der Waals surface area (Å²) in [6, 6.07) is 13.4. The van der Waals surface area contributed by atoms with Crippen molar-refractivity contribution in [2.24, 2.45) is 0 Å². The molecule has 0 aliphatic heterocycles. The Morgan fingerprint density at radius 1 is 1.14 bits per heavy atom. The van der Waals surface area contributed by atoms with Crippen molar-refractivity contribution >= 4 is 29.1 Å². The average molecular weight is 319 g/mol. The van der Waals surface area contributed by atoms with Crippen LogP contribution in [0.15, 0.2) is 48.5 Å². The van der Waals surface area contributed by atoms with E-state index in [1.165, 1.54) is 6.07 Å². The molecule has 0 saturated heterocycles. The van der Waals surface area contributed by atoms with Crippen LogP contribution in [0.3, 0.4) is 0 Å². The van der Waals surface area contributed by atoms with Crippen molar-refractivity contribution in [1.82, 2.24) is 5.32 Å². The summed E-state index contributed by atoms with van der Waals surface area (Å²) in [5.41, 5.74) is 1.03. The molecule has 2 aromatic rings. The number of nitrogens with one attached hydrogen (secondary N) is 2. The van der Waals surface area contributed by atoms with E-state index < -0.39 is 0 Å². The number of hydrogen-bond acceptors (Lipinski definition) is 3. The Balaban J connectivity index is 1.85. The monoisotopic (exact) mass is 318 g/mol. The van der Waals surface area contributed by atoms with Crippen LogP contribution in [0.25, 0.3) is 0 Å². The van der Waals surface area contributed by atoms with Gasteiger partial charge in [-0.15, -0.1) is 0 Å². The molecule has 0 heterocycles. The minimum absolute atomic E-state index is 0.128. The topological polar surface area (TPSA) is 67.4 Å². The number of hydrogen-bond donors (Lipinski definition) is 2. The van der Waals surface area contributed by atoms with Crippen LogP contribution >= 0.6 is 11.6 Å². The zero-order valence-electron chi connectivity index (χ0n) is 11.9. The predicted octanol–water partition coefficient (Wildman–Crippen LogP) is 2.72. The van der Waals surface area contributed by atoms with Gasteiger partial charge in [0.2, 0.25) is 5.91 Å². The van der Waals surface area contributed by atoms with E-state index in [1.807, 2.05) is 0 Å². The number of rotatable bonds is 5. The highest BCUT2D eigenvalue weighted by Crippen LogP contribution is 2.14. The Kier molecular flexibility index (Phi) is 5.38. The van der Waals surface area contributed by atoms with Crippen molar-refractivity contribution < 1.29 is 14.3 Å². The molecule has 0 radical (unpaired) electrons. The first kappa shape index (κ1) is 15.9. The lowest BCUT2D eigenvalue weighted by molar-refractivity contribution is -0.115. The number of benzene rings is 2. The van der Waals surface area contributed by atoms with Crippen LogP contribution in [0.2, 0.25) is 5.02 Å². The fraction of sp³-hybridized carbons (Fsp3) is 0.125. The molecule has 2 amide bonds. The van der Waals surface area contributed by atoms with Gasteiger partial charge >= 0.3 is 0 Å². The molecule has 0 unspecified atom stereocenters. The molecule has 0 aliphatic carbocycles. The number of amides is 2. The number of methoxy groups -OCH3 is 1. The van der Waals surface area contributed by atoms with Gasteiger partial charge < -0.3 is 15.4 Å². The fourth-order valence-electron chi connectivity index (χ4n) is 1.77. The van der Waals surface area contributed by atoms with E-state index in [0.717, 1.165) is 0 Å². The van der Waals surface area contributed by atoms with Gasteiger partial charge in [0, 0.05) is 16.3 Å². The molecule has 2 N–H and O–H groups in total. The lowest BCUT2D eigenvalue weighted by Gasteiger charge is -2.08. The first-order valence-corrected chi connectivity index (χ1v) is 6.94. The number of carbonyl (C=O) groups excluding carboxylic acids is 2. The molecule has 0 spiro atoms. The molecule has 6 heteroatoms. The van der Waals surface area contributed by atoms with Crippen LogP contribution in [-0.2, 0) is 4.79 Å². The summed E-state index contributed by atoms with van der Waals surface area (Å²) in [4.78, 5) is 23.7. The zero-order chi connectivity index (χ0) is 15.9. The van der Waals surface area contributed by atoms with Gasteiger partial charge in [0.05, 0.1) is 13.7 Å². The van der Waals surface area contributed by atoms with Crippen molar-refractivity contribution in [3.63, 3.8) is 0 Å². The molecule has 0 aliphatic rings. The summed E-state index contributed by atoms with van der Waals surface area (Å²) in [5.74, 6) is 0.0279.